The van der Waals surface area contributed by atoms with Crippen molar-refractivity contribution in [3.8, 4) is 0 Å². The number of fused-ring (bicyclic) bond motifs is 1. The van der Waals surface area contributed by atoms with Gasteiger partial charge in [0.25, 0.3) is 5.91 Å². The highest BCUT2D eigenvalue weighted by Crippen LogP contribution is 2.50. The third-order valence-electron chi connectivity index (χ3n) is 9.91. The monoisotopic (exact) mass is 969 g/mol. The molecule has 1 amide bonds. The lowest BCUT2D eigenvalue weighted by Crippen LogP contribution is -2.48. The topological polar surface area (TPSA) is 368 Å². The lowest BCUT2D eigenvalue weighted by molar-refractivity contribution is -0.158. The van der Waals surface area contributed by atoms with Crippen LogP contribution in [0.5, 0.6) is 0 Å². The molecule has 0 saturated carbocycles. The van der Waals surface area contributed by atoms with E-state index in [-0.39, 0.29) is 38.4 Å². The summed E-state index contributed by atoms with van der Waals surface area (Å²) >= 11 is 6.45. The van der Waals surface area contributed by atoms with Gasteiger partial charge in [0, 0.05) is 32.4 Å². The number of aliphatic hydroxyl groups is 1. The number of thioether (sulfide) groups is 1. The Morgan fingerprint density at radius 3 is 2.45 bits per heavy atom. The maximum atomic E-state index is 13.6. The summed E-state index contributed by atoms with van der Waals surface area (Å²) in [6, 6.07) is 7.15. The van der Waals surface area contributed by atoms with E-state index in [9.17, 15) is 43.3 Å². The van der Waals surface area contributed by atoms with E-state index < -0.39 is 102 Å². The van der Waals surface area contributed by atoms with Crippen LogP contribution in [0.3, 0.4) is 0 Å². The maximum absolute atomic E-state index is 13.6. The molecule has 3 aliphatic rings. The van der Waals surface area contributed by atoms with E-state index >= 15 is 0 Å². The number of phosphoric acid groups is 2. The molecule has 10 N–H and O–H groups in total. The zero-order valence-corrected chi connectivity index (χ0v) is 36.9. The van der Waals surface area contributed by atoms with Gasteiger partial charge >= 0.3 is 27.3 Å². The van der Waals surface area contributed by atoms with Crippen LogP contribution in [0.25, 0.3) is 17.2 Å². The fourth-order valence-corrected chi connectivity index (χ4v) is 9.35. The number of hydrogen-bond donors (Lipinski definition) is 7. The second-order valence-corrected chi connectivity index (χ2v) is 18.8. The standard InChI is InChI=1S/C34H41N11O15P2S2/c1-42(2)17-5-3-16(4-6-17)9-22-30(47)44(34(63)64-22)11-18(35)32(48)59-27-21(58-31(26(27)46)45-15-40-25-28(37)38-14-39-29(25)45)13-56-62(53,54)60-19-10-24(43-8-7-23(36)41-33(43)49)57-20(19)12-55-61(50,51)52/h3-9,14-15,18-21,24,26-27,31,46H,10-13,35H2,1-2H3,(H,53,54)(H2,36,41,49)(H2,37,38,39)(H2,50,51,52)/b22-9+/t18-,19?,20+,21+,24+,26?,27?,31+/m0/s1. The van der Waals surface area contributed by atoms with Crippen molar-refractivity contribution >= 4 is 90.4 Å². The number of hydrogen-bond acceptors (Lipinski definition) is 22. The molecule has 9 atom stereocenters. The molecule has 3 aromatic heterocycles. The van der Waals surface area contributed by atoms with Gasteiger partial charge in [-0.1, -0.05) is 36.1 Å². The maximum Gasteiger partial charge on any atom is 0.472 e. The number of benzene rings is 1. The number of esters is 1. The van der Waals surface area contributed by atoms with E-state index in [1.54, 1.807) is 6.08 Å². The van der Waals surface area contributed by atoms with E-state index in [1.807, 2.05) is 43.3 Å². The Hall–Kier alpha value is -4.77. The second kappa shape index (κ2) is 19.0. The van der Waals surface area contributed by atoms with Crippen LogP contribution in [0.15, 0.2) is 58.9 Å². The highest BCUT2D eigenvalue weighted by Gasteiger charge is 2.50. The van der Waals surface area contributed by atoms with E-state index in [4.69, 9.17) is 52.7 Å². The van der Waals surface area contributed by atoms with E-state index in [2.05, 4.69) is 24.5 Å². The number of amides is 1. The van der Waals surface area contributed by atoms with Gasteiger partial charge in [0.15, 0.2) is 23.8 Å². The van der Waals surface area contributed by atoms with Crippen molar-refractivity contribution in [1.29, 1.82) is 0 Å². The van der Waals surface area contributed by atoms with Gasteiger partial charge in [-0.25, -0.2) is 28.9 Å². The van der Waals surface area contributed by atoms with Crippen molar-refractivity contribution in [3.05, 3.63) is 70.1 Å². The molecule has 3 aliphatic heterocycles. The summed E-state index contributed by atoms with van der Waals surface area (Å²) in [6.07, 6.45) is -5.71. The van der Waals surface area contributed by atoms with Crippen molar-refractivity contribution in [2.45, 2.75) is 55.4 Å². The highest BCUT2D eigenvalue weighted by molar-refractivity contribution is 8.26. The van der Waals surface area contributed by atoms with Crippen molar-refractivity contribution in [2.24, 2.45) is 5.73 Å². The first kappa shape index (κ1) is 47.2. The van der Waals surface area contributed by atoms with Gasteiger partial charge in [-0.05, 0) is 29.8 Å². The van der Waals surface area contributed by atoms with Gasteiger partial charge in [-0.2, -0.15) is 4.98 Å². The summed E-state index contributed by atoms with van der Waals surface area (Å²) < 4.78 is 60.0. The molecule has 0 spiro atoms. The fraction of sp³-hybridized carbons (Fsp3) is 0.412. The summed E-state index contributed by atoms with van der Waals surface area (Å²) in [7, 11) is -6.53. The molecule has 344 valence electrons. The minimum Gasteiger partial charge on any atom is -0.455 e. The number of aromatic nitrogens is 6. The molecule has 6 heterocycles. The number of rotatable bonds is 16. The van der Waals surface area contributed by atoms with Crippen LogP contribution in [0.1, 0.15) is 24.4 Å². The average molecular weight is 970 g/mol. The first-order chi connectivity index (χ1) is 30.2. The number of aliphatic hydroxyl groups excluding tert-OH is 1. The number of ether oxygens (including phenoxy) is 3. The lowest BCUT2D eigenvalue weighted by atomic mass is 10.1. The molecule has 4 unspecified atom stereocenters. The van der Waals surface area contributed by atoms with Gasteiger partial charge in [-0.3, -0.25) is 37.2 Å². The Balaban J connectivity index is 1.07. The molecule has 7 rings (SSSR count). The summed E-state index contributed by atoms with van der Waals surface area (Å²) in [5.74, 6) is -1.75. The summed E-state index contributed by atoms with van der Waals surface area (Å²) in [4.78, 5) is 88.3. The minimum atomic E-state index is -5.24. The Morgan fingerprint density at radius 1 is 1.05 bits per heavy atom. The molecule has 30 heteroatoms. The van der Waals surface area contributed by atoms with Crippen LogP contribution in [0, 0.1) is 0 Å². The first-order valence-corrected chi connectivity index (χ1v) is 23.0. The smallest absolute Gasteiger partial charge is 0.455 e. The van der Waals surface area contributed by atoms with Crippen LogP contribution in [0.4, 0.5) is 17.3 Å². The number of carbonyl (C=O) groups is 2. The average Bonchev–Trinajstić information content (AvgIpc) is 3.98. The Kier molecular flexibility index (Phi) is 14.0. The van der Waals surface area contributed by atoms with Crippen LogP contribution in [0.2, 0.25) is 0 Å². The number of anilines is 3. The van der Waals surface area contributed by atoms with Gasteiger partial charge in [0.05, 0.1) is 31.0 Å². The third kappa shape index (κ3) is 10.7. The lowest BCUT2D eigenvalue weighted by Gasteiger charge is -2.25. The van der Waals surface area contributed by atoms with Gasteiger partial charge < -0.3 is 56.1 Å². The number of carbonyl (C=O) groups excluding carboxylic acids is 2. The Labute approximate surface area is 371 Å². The molecule has 4 aromatic rings. The number of imidazole rings is 1. The van der Waals surface area contributed by atoms with Crippen molar-refractivity contribution in [1.82, 2.24) is 34.0 Å². The highest BCUT2D eigenvalue weighted by atomic mass is 32.2. The third-order valence-corrected chi connectivity index (χ3v) is 12.8. The number of nitrogens with two attached hydrogens (primary N) is 3. The van der Waals surface area contributed by atoms with Crippen LogP contribution in [-0.4, -0.2) is 140 Å². The molecular weight excluding hydrogens is 929 g/mol. The molecule has 0 aliphatic carbocycles. The number of phosphoric ester groups is 2. The van der Waals surface area contributed by atoms with E-state index in [0.717, 1.165) is 38.8 Å². The van der Waals surface area contributed by atoms with Crippen molar-refractivity contribution < 1.29 is 66.3 Å². The predicted molar refractivity (Wildman–Crippen MR) is 228 cm³/mol. The van der Waals surface area contributed by atoms with E-state index in [1.165, 1.54) is 23.2 Å². The fourth-order valence-electron chi connectivity index (χ4n) is 6.77. The van der Waals surface area contributed by atoms with Gasteiger partial charge in [0.2, 0.25) is 0 Å². The second-order valence-electron chi connectivity index (χ2n) is 14.5. The zero-order valence-electron chi connectivity index (χ0n) is 33.4. The van der Waals surface area contributed by atoms with E-state index in [0.29, 0.717) is 0 Å². The first-order valence-electron chi connectivity index (χ1n) is 18.8. The van der Waals surface area contributed by atoms with Gasteiger partial charge in [-0.15, -0.1) is 0 Å². The quantitative estimate of drug-likeness (QED) is 0.0325. The van der Waals surface area contributed by atoms with Crippen molar-refractivity contribution in [3.63, 3.8) is 0 Å². The Bertz CT molecular complexity index is 2620. The number of nitrogens with zero attached hydrogens (tertiary/aromatic N) is 8. The minimum absolute atomic E-state index is 0.00336. The van der Waals surface area contributed by atoms with Gasteiger partial charge in [0.1, 0.15) is 58.7 Å². The van der Waals surface area contributed by atoms with Crippen LogP contribution in [-0.2, 0) is 46.5 Å². The number of thiocarbonyl (C=S) groups is 1. The molecule has 3 saturated heterocycles. The Morgan fingerprint density at radius 2 is 1.77 bits per heavy atom. The van der Waals surface area contributed by atoms with Crippen LogP contribution < -0.4 is 27.8 Å². The predicted octanol–water partition coefficient (Wildman–Crippen LogP) is -0.389. The van der Waals surface area contributed by atoms with Crippen molar-refractivity contribution in [2.75, 3.05) is 50.2 Å². The molecule has 0 radical (unpaired) electrons. The molecular formula is C34H41N11O15P2S2. The van der Waals surface area contributed by atoms with Crippen LogP contribution >= 0.6 is 39.6 Å². The normalized spacial score (nSPS) is 25.9. The SMILES string of the molecule is CN(C)c1ccc(/C=C2/SC(=S)N(C[C@H](N)C(=O)OC3C(O)[C@H](n4cnc5c(N)ncnc54)O[C@@H]3COP(=O)(O)OC3C[C@H](n4ccc(N)nc4=O)O[C@@H]3COP(=O)(O)O)C2=O)cc1. The largest absolute Gasteiger partial charge is 0.472 e. The summed E-state index contributed by atoms with van der Waals surface area (Å²) in [5, 5.41) is 11.6. The molecule has 64 heavy (non-hydrogen) atoms. The molecule has 3 fully saturated rings. The molecule has 1 aromatic carbocycles. The molecule has 26 nitrogen and oxygen atoms in total. The number of nitrogen functional groups attached to an aromatic ring is 2. The zero-order chi connectivity index (χ0) is 46.2. The summed E-state index contributed by atoms with van der Waals surface area (Å²) in [6.45, 7) is -2.19. The molecule has 0 bridgehead atoms. The summed E-state index contributed by atoms with van der Waals surface area (Å²) in [5.41, 5.74) is 18.8.